The van der Waals surface area contributed by atoms with Gasteiger partial charge in [-0.25, -0.2) is 0 Å². The fraction of sp³-hybridized carbons (Fsp3) is 0.939. The lowest BCUT2D eigenvalue weighted by molar-refractivity contribution is -0.144. The van der Waals surface area contributed by atoms with Crippen LogP contribution in [0.4, 0.5) is 0 Å². The minimum atomic E-state index is -0.721. The Morgan fingerprint density at radius 1 is 0.675 bits per heavy atom. The highest BCUT2D eigenvalue weighted by molar-refractivity contribution is 5.69. The van der Waals surface area contributed by atoms with Crippen LogP contribution in [0.25, 0.3) is 0 Å². The Hall–Kier alpha value is -1.18. The molecule has 1 saturated carbocycles. The van der Waals surface area contributed by atoms with Crippen molar-refractivity contribution in [1.29, 1.82) is 0 Å². The standard InChI is InChI=1S/C33H64N2O5/c1-2-3-4-5-6-7-8-9-19-30-40-33(39)23-16-12-18-25-35(31-20-13-10-14-21-31)27-26-34(28-29-36)24-17-11-15-22-32(37)38/h31,36H,2-30H2,1H3,(H,37,38). The predicted octanol–water partition coefficient (Wildman–Crippen LogP) is 7.19. The molecule has 7 nitrogen and oxygen atoms in total. The highest BCUT2D eigenvalue weighted by Crippen LogP contribution is 2.23. The van der Waals surface area contributed by atoms with Crippen molar-refractivity contribution in [2.45, 2.75) is 154 Å². The summed E-state index contributed by atoms with van der Waals surface area (Å²) in [6.45, 7) is 7.62. The van der Waals surface area contributed by atoms with Gasteiger partial charge in [0.1, 0.15) is 0 Å². The number of rotatable bonds is 28. The Morgan fingerprint density at radius 2 is 1.27 bits per heavy atom. The first-order valence-corrected chi connectivity index (χ1v) is 17.0. The third-order valence-electron chi connectivity index (χ3n) is 8.41. The van der Waals surface area contributed by atoms with Gasteiger partial charge in [0.05, 0.1) is 13.2 Å². The van der Waals surface area contributed by atoms with Gasteiger partial charge in [-0.2, -0.15) is 0 Å². The van der Waals surface area contributed by atoms with Gasteiger partial charge in [-0.1, -0.05) is 90.4 Å². The summed E-state index contributed by atoms with van der Waals surface area (Å²) < 4.78 is 5.47. The van der Waals surface area contributed by atoms with E-state index in [-0.39, 0.29) is 19.0 Å². The van der Waals surface area contributed by atoms with Crippen LogP contribution in [-0.2, 0) is 14.3 Å². The van der Waals surface area contributed by atoms with Crippen molar-refractivity contribution in [3.63, 3.8) is 0 Å². The van der Waals surface area contributed by atoms with Gasteiger partial charge in [-0.05, 0) is 58.0 Å². The lowest BCUT2D eigenvalue weighted by Gasteiger charge is -2.36. The van der Waals surface area contributed by atoms with Crippen LogP contribution in [0.1, 0.15) is 148 Å². The fourth-order valence-electron chi connectivity index (χ4n) is 5.89. The second-order valence-corrected chi connectivity index (χ2v) is 12.0. The van der Waals surface area contributed by atoms with Crippen LogP contribution in [-0.4, -0.2) is 83.9 Å². The normalized spacial score (nSPS) is 14.3. The number of carbonyl (C=O) groups excluding carboxylic acids is 1. The zero-order valence-corrected chi connectivity index (χ0v) is 26.1. The van der Waals surface area contributed by atoms with Crippen LogP contribution in [0.3, 0.4) is 0 Å². The van der Waals surface area contributed by atoms with Crippen molar-refractivity contribution in [2.75, 3.05) is 45.9 Å². The maximum absolute atomic E-state index is 12.1. The molecule has 1 fully saturated rings. The average molecular weight is 569 g/mol. The molecule has 0 aromatic heterocycles. The summed E-state index contributed by atoms with van der Waals surface area (Å²) in [5, 5.41) is 18.4. The summed E-state index contributed by atoms with van der Waals surface area (Å²) >= 11 is 0. The molecule has 1 rings (SSSR count). The summed E-state index contributed by atoms with van der Waals surface area (Å²) in [6.07, 6.45) is 24.5. The number of carbonyl (C=O) groups is 2. The summed E-state index contributed by atoms with van der Waals surface area (Å²) in [7, 11) is 0. The quantitative estimate of drug-likeness (QED) is 0.0762. The van der Waals surface area contributed by atoms with Crippen LogP contribution in [0, 0.1) is 0 Å². The van der Waals surface area contributed by atoms with Gasteiger partial charge >= 0.3 is 11.9 Å². The van der Waals surface area contributed by atoms with Gasteiger partial charge in [0.2, 0.25) is 0 Å². The molecule has 7 heteroatoms. The summed E-state index contributed by atoms with van der Waals surface area (Å²) in [6, 6.07) is 0.654. The average Bonchev–Trinajstić information content (AvgIpc) is 2.95. The van der Waals surface area contributed by atoms with Gasteiger partial charge in [0.15, 0.2) is 0 Å². The Morgan fingerprint density at radius 3 is 1.93 bits per heavy atom. The zero-order valence-electron chi connectivity index (χ0n) is 26.1. The van der Waals surface area contributed by atoms with Crippen LogP contribution < -0.4 is 0 Å². The second-order valence-electron chi connectivity index (χ2n) is 12.0. The van der Waals surface area contributed by atoms with E-state index in [0.29, 0.717) is 25.6 Å². The number of aliphatic hydroxyl groups is 1. The first-order chi connectivity index (χ1) is 19.6. The second kappa shape index (κ2) is 26.7. The number of aliphatic hydroxyl groups excluding tert-OH is 1. The van der Waals surface area contributed by atoms with Crippen LogP contribution in [0.2, 0.25) is 0 Å². The first-order valence-electron chi connectivity index (χ1n) is 17.0. The van der Waals surface area contributed by atoms with E-state index in [2.05, 4.69) is 16.7 Å². The maximum Gasteiger partial charge on any atom is 0.305 e. The zero-order chi connectivity index (χ0) is 29.1. The molecule has 1 aliphatic rings. The molecule has 0 amide bonds. The number of ether oxygens (including phenoxy) is 1. The molecule has 236 valence electrons. The molecule has 0 heterocycles. The van der Waals surface area contributed by atoms with E-state index in [1.165, 1.54) is 83.5 Å². The van der Waals surface area contributed by atoms with Crippen LogP contribution in [0.15, 0.2) is 0 Å². The Balaban J connectivity index is 2.21. The van der Waals surface area contributed by atoms with Crippen molar-refractivity contribution in [3.8, 4) is 0 Å². The first kappa shape index (κ1) is 36.8. The molecule has 0 atom stereocenters. The number of aliphatic carboxylic acids is 1. The molecule has 2 N–H and O–H groups in total. The number of esters is 1. The number of nitrogens with zero attached hydrogens (tertiary/aromatic N) is 2. The van der Waals surface area contributed by atoms with E-state index in [4.69, 9.17) is 9.84 Å². The molecule has 1 aliphatic carbocycles. The Kier molecular flexibility index (Phi) is 24.6. The molecule has 0 saturated heterocycles. The van der Waals surface area contributed by atoms with Gasteiger partial charge in [0.25, 0.3) is 0 Å². The lowest BCUT2D eigenvalue weighted by atomic mass is 9.94. The Labute approximate surface area is 246 Å². The van der Waals surface area contributed by atoms with E-state index in [9.17, 15) is 14.7 Å². The Bertz CT molecular complexity index is 597. The fourth-order valence-corrected chi connectivity index (χ4v) is 5.89. The molecule has 40 heavy (non-hydrogen) atoms. The SMILES string of the molecule is CCCCCCCCCCCOC(=O)CCCCCN(CCN(CCO)CCCCCC(=O)O)C1CCCCC1. The number of carboxylic acids is 1. The number of hydrogen-bond donors (Lipinski definition) is 2. The molecular formula is C33H64N2O5. The van der Waals surface area contributed by atoms with Gasteiger partial charge in [-0.15, -0.1) is 0 Å². The molecule has 0 aromatic carbocycles. The smallest absolute Gasteiger partial charge is 0.305 e. The number of carboxylic acid groups (broad SMARTS) is 1. The third-order valence-corrected chi connectivity index (χ3v) is 8.41. The largest absolute Gasteiger partial charge is 0.481 e. The van der Waals surface area contributed by atoms with E-state index in [1.807, 2.05) is 0 Å². The van der Waals surface area contributed by atoms with E-state index in [0.717, 1.165) is 71.1 Å². The molecule has 0 radical (unpaired) electrons. The highest BCUT2D eigenvalue weighted by atomic mass is 16.5. The molecule has 0 aliphatic heterocycles. The predicted molar refractivity (Wildman–Crippen MR) is 165 cm³/mol. The molecular weight excluding hydrogens is 504 g/mol. The summed E-state index contributed by atoms with van der Waals surface area (Å²) in [5.41, 5.74) is 0. The monoisotopic (exact) mass is 568 g/mol. The van der Waals surface area contributed by atoms with Gasteiger partial charge in [-0.3, -0.25) is 19.4 Å². The molecule has 0 unspecified atom stereocenters. The van der Waals surface area contributed by atoms with Crippen LogP contribution >= 0.6 is 0 Å². The number of hydrogen-bond acceptors (Lipinski definition) is 6. The molecule has 0 spiro atoms. The topological polar surface area (TPSA) is 90.3 Å². The lowest BCUT2D eigenvalue weighted by Crippen LogP contribution is -2.43. The van der Waals surface area contributed by atoms with E-state index < -0.39 is 5.97 Å². The third kappa shape index (κ3) is 21.6. The van der Waals surface area contributed by atoms with Gasteiger partial charge in [0, 0.05) is 38.5 Å². The van der Waals surface area contributed by atoms with E-state index in [1.54, 1.807) is 0 Å². The van der Waals surface area contributed by atoms with Crippen LogP contribution in [0.5, 0.6) is 0 Å². The minimum absolute atomic E-state index is 0.0355. The summed E-state index contributed by atoms with van der Waals surface area (Å²) in [5.74, 6) is -0.756. The minimum Gasteiger partial charge on any atom is -0.481 e. The van der Waals surface area contributed by atoms with Crippen molar-refractivity contribution < 1.29 is 24.5 Å². The van der Waals surface area contributed by atoms with Crippen molar-refractivity contribution in [2.24, 2.45) is 0 Å². The van der Waals surface area contributed by atoms with Crippen molar-refractivity contribution in [3.05, 3.63) is 0 Å². The van der Waals surface area contributed by atoms with Gasteiger partial charge < -0.3 is 14.9 Å². The molecule has 0 aromatic rings. The van der Waals surface area contributed by atoms with Crippen molar-refractivity contribution >= 4 is 11.9 Å². The maximum atomic E-state index is 12.1. The highest BCUT2D eigenvalue weighted by Gasteiger charge is 2.21. The molecule has 0 bridgehead atoms. The summed E-state index contributed by atoms with van der Waals surface area (Å²) in [4.78, 5) is 27.9. The van der Waals surface area contributed by atoms with E-state index >= 15 is 0 Å². The number of unbranched alkanes of at least 4 members (excludes halogenated alkanes) is 12. The van der Waals surface area contributed by atoms with Crippen molar-refractivity contribution in [1.82, 2.24) is 9.80 Å².